The summed E-state index contributed by atoms with van der Waals surface area (Å²) in [6.07, 6.45) is 33.3. The molecule has 5 heteroatoms. The van der Waals surface area contributed by atoms with Crippen LogP contribution < -0.4 is 0 Å². The summed E-state index contributed by atoms with van der Waals surface area (Å²) in [5.74, 6) is 0. The highest BCUT2D eigenvalue weighted by atomic mass is 28.4. The normalized spacial score (nSPS) is 12.4. The van der Waals surface area contributed by atoms with Crippen molar-refractivity contribution in [2.75, 3.05) is 46.5 Å². The average molecular weight is 629 g/mol. The van der Waals surface area contributed by atoms with E-state index < -0.39 is 8.80 Å². The Hall–Kier alpha value is 0.0569. The van der Waals surface area contributed by atoms with Crippen LogP contribution in [0.5, 0.6) is 0 Å². The first-order valence-corrected chi connectivity index (χ1v) is 21.7. The van der Waals surface area contributed by atoms with Gasteiger partial charge in [0.2, 0.25) is 0 Å². The van der Waals surface area contributed by atoms with Crippen molar-refractivity contribution < 1.29 is 17.8 Å². The summed E-state index contributed by atoms with van der Waals surface area (Å²) < 4.78 is 21.0. The fraction of sp³-hybridized carbons (Fsp3) is 1.00. The minimum atomic E-state index is -2.64. The van der Waals surface area contributed by atoms with Crippen LogP contribution in [0.3, 0.4) is 0 Å². The molecule has 0 atom stereocenters. The molecule has 0 unspecified atom stereocenters. The third-order valence-corrected chi connectivity index (χ3v) is 12.1. The Bertz CT molecular complexity index is 499. The first-order chi connectivity index (χ1) is 21.0. The van der Waals surface area contributed by atoms with E-state index in [1.165, 1.54) is 140 Å². The first kappa shape index (κ1) is 43.1. The minimum Gasteiger partial charge on any atom is -0.373 e. The van der Waals surface area contributed by atoms with Gasteiger partial charge in [-0.1, -0.05) is 144 Å². The van der Waals surface area contributed by atoms with Crippen LogP contribution in [0, 0.1) is 0 Å². The van der Waals surface area contributed by atoms with Gasteiger partial charge in [-0.2, -0.15) is 0 Å². The molecule has 0 bridgehead atoms. The molecule has 0 aliphatic carbocycles. The van der Waals surface area contributed by atoms with Crippen molar-refractivity contribution in [3.63, 3.8) is 0 Å². The van der Waals surface area contributed by atoms with Crippen LogP contribution in [0.4, 0.5) is 0 Å². The van der Waals surface area contributed by atoms with E-state index in [2.05, 4.69) is 41.7 Å². The molecule has 43 heavy (non-hydrogen) atoms. The molecule has 0 N–H and O–H groups in total. The molecular formula is C38H82NO3Si+. The Morgan fingerprint density at radius 1 is 0.349 bits per heavy atom. The summed E-state index contributed by atoms with van der Waals surface area (Å²) in [5, 5.41) is 0. The molecule has 0 aromatic heterocycles. The van der Waals surface area contributed by atoms with E-state index in [0.29, 0.717) is 0 Å². The molecule has 0 spiro atoms. The lowest BCUT2D eigenvalue weighted by atomic mass is 10.1. The lowest BCUT2D eigenvalue weighted by molar-refractivity contribution is -0.910. The Labute approximate surface area is 273 Å². The predicted octanol–water partition coefficient (Wildman–Crippen LogP) is 12.3. The fourth-order valence-electron chi connectivity index (χ4n) is 6.08. The molecular weight excluding hydrogens is 547 g/mol. The molecule has 0 saturated carbocycles. The first-order valence-electron chi connectivity index (χ1n) is 19.8. The molecule has 0 aliphatic heterocycles. The zero-order valence-corrected chi connectivity index (χ0v) is 31.8. The fourth-order valence-corrected chi connectivity index (χ4v) is 8.72. The van der Waals surface area contributed by atoms with E-state index in [9.17, 15) is 0 Å². The van der Waals surface area contributed by atoms with Gasteiger partial charge < -0.3 is 17.8 Å². The van der Waals surface area contributed by atoms with E-state index in [-0.39, 0.29) is 0 Å². The number of unbranched alkanes of at least 4 members (excludes halogenated alkanes) is 19. The van der Waals surface area contributed by atoms with Gasteiger partial charge in [0.15, 0.2) is 0 Å². The van der Waals surface area contributed by atoms with Gasteiger partial charge in [-0.3, -0.25) is 0 Å². The minimum absolute atomic E-state index is 0.782. The average Bonchev–Trinajstić information content (AvgIpc) is 3.00. The van der Waals surface area contributed by atoms with Crippen molar-refractivity contribution in [1.82, 2.24) is 0 Å². The maximum atomic E-state index is 6.59. The van der Waals surface area contributed by atoms with Crippen LogP contribution in [0.25, 0.3) is 0 Å². The van der Waals surface area contributed by atoms with Crippen molar-refractivity contribution in [3.8, 4) is 0 Å². The van der Waals surface area contributed by atoms with Crippen LogP contribution in [-0.2, 0) is 13.3 Å². The summed E-state index contributed by atoms with van der Waals surface area (Å²) in [7, 11) is -0.0947. The number of nitrogens with zero attached hydrogens (tertiary/aromatic N) is 1. The molecule has 0 aliphatic rings. The highest BCUT2D eigenvalue weighted by Crippen LogP contribution is 2.23. The molecule has 4 nitrogen and oxygen atoms in total. The van der Waals surface area contributed by atoms with Gasteiger partial charge in [0, 0.05) is 32.3 Å². The largest absolute Gasteiger partial charge is 0.501 e. The maximum Gasteiger partial charge on any atom is 0.501 e. The Morgan fingerprint density at radius 2 is 0.628 bits per heavy atom. The van der Waals surface area contributed by atoms with E-state index >= 15 is 0 Å². The molecule has 0 radical (unpaired) electrons. The molecule has 0 heterocycles. The standard InChI is InChI=1S/C38H82NO3Si/c1-7-12-17-19-21-23-25-27-29-32-39(6,33-30-28-26-24-22-20-18-13-8-2)34-31-38-43(40-35-14-9-3,41-36-15-10-4)42-37-16-11-5/h7-38H2,1-6H3/q+1. The second-order valence-electron chi connectivity index (χ2n) is 13.8. The van der Waals surface area contributed by atoms with Gasteiger partial charge in [0.05, 0.1) is 26.7 Å². The number of hydrogen-bond donors (Lipinski definition) is 0. The van der Waals surface area contributed by atoms with Crippen molar-refractivity contribution in [1.29, 1.82) is 0 Å². The lowest BCUT2D eigenvalue weighted by Crippen LogP contribution is -2.50. The molecule has 0 aromatic carbocycles. The Balaban J connectivity index is 5.02. The van der Waals surface area contributed by atoms with Crippen LogP contribution in [0.1, 0.15) is 195 Å². The smallest absolute Gasteiger partial charge is 0.373 e. The highest BCUT2D eigenvalue weighted by Gasteiger charge is 2.41. The third kappa shape index (κ3) is 26.9. The number of quaternary nitrogens is 1. The summed E-state index contributed by atoms with van der Waals surface area (Å²) in [5.41, 5.74) is 0. The van der Waals surface area contributed by atoms with Crippen molar-refractivity contribution in [3.05, 3.63) is 0 Å². The summed E-state index contributed by atoms with van der Waals surface area (Å²) in [4.78, 5) is 0. The van der Waals surface area contributed by atoms with Gasteiger partial charge in [0.1, 0.15) is 0 Å². The number of rotatable bonds is 36. The van der Waals surface area contributed by atoms with Gasteiger partial charge >= 0.3 is 8.80 Å². The van der Waals surface area contributed by atoms with E-state index in [1.807, 2.05) is 0 Å². The zero-order chi connectivity index (χ0) is 31.7. The second kappa shape index (κ2) is 32.0. The maximum absolute atomic E-state index is 6.59. The van der Waals surface area contributed by atoms with Crippen molar-refractivity contribution in [2.45, 2.75) is 201 Å². The summed E-state index contributed by atoms with van der Waals surface area (Å²) in [6, 6.07) is 0.980. The van der Waals surface area contributed by atoms with Gasteiger partial charge in [-0.05, 0) is 44.9 Å². The van der Waals surface area contributed by atoms with Crippen LogP contribution in [-0.4, -0.2) is 59.8 Å². The van der Waals surface area contributed by atoms with Gasteiger partial charge in [-0.25, -0.2) is 0 Å². The van der Waals surface area contributed by atoms with Gasteiger partial charge in [-0.15, -0.1) is 0 Å². The van der Waals surface area contributed by atoms with Crippen LogP contribution in [0.15, 0.2) is 0 Å². The summed E-state index contributed by atoms with van der Waals surface area (Å²) in [6.45, 7) is 17.6. The van der Waals surface area contributed by atoms with E-state index in [4.69, 9.17) is 13.3 Å². The highest BCUT2D eigenvalue weighted by molar-refractivity contribution is 6.60. The molecule has 0 amide bonds. The quantitative estimate of drug-likeness (QED) is 0.0392. The lowest BCUT2D eigenvalue weighted by Gasteiger charge is -2.36. The molecule has 0 rings (SSSR count). The van der Waals surface area contributed by atoms with Crippen LogP contribution >= 0.6 is 0 Å². The molecule has 0 aromatic rings. The molecule has 0 saturated heterocycles. The molecule has 260 valence electrons. The number of hydrogen-bond acceptors (Lipinski definition) is 3. The van der Waals surface area contributed by atoms with E-state index in [0.717, 1.165) is 70.8 Å². The summed E-state index contributed by atoms with van der Waals surface area (Å²) >= 11 is 0. The SMILES string of the molecule is CCCCCCCCCCC[N+](C)(CCCCCCCCCCC)CCC[Si](OCCCC)(OCCCC)OCCCC. The monoisotopic (exact) mass is 629 g/mol. The molecule has 0 fully saturated rings. The van der Waals surface area contributed by atoms with Crippen molar-refractivity contribution >= 4 is 8.80 Å². The van der Waals surface area contributed by atoms with Crippen molar-refractivity contribution in [2.24, 2.45) is 0 Å². The predicted molar refractivity (Wildman–Crippen MR) is 193 cm³/mol. The Morgan fingerprint density at radius 3 is 0.953 bits per heavy atom. The van der Waals surface area contributed by atoms with E-state index in [1.54, 1.807) is 0 Å². The Kier molecular flexibility index (Phi) is 32.1. The zero-order valence-electron chi connectivity index (χ0n) is 30.8. The van der Waals surface area contributed by atoms with Crippen LogP contribution in [0.2, 0.25) is 6.04 Å². The van der Waals surface area contributed by atoms with Gasteiger partial charge in [0.25, 0.3) is 0 Å². The topological polar surface area (TPSA) is 27.7 Å². The third-order valence-electron chi connectivity index (χ3n) is 9.24. The second-order valence-corrected chi connectivity index (χ2v) is 16.6.